The Hall–Kier alpha value is -0.630. The number of carbonyl (C=O) groups is 1. The first kappa shape index (κ1) is 7.74. The molecule has 0 aromatic rings. The minimum atomic E-state index is -0.220. The summed E-state index contributed by atoms with van der Waals surface area (Å²) < 4.78 is 0. The molecule has 0 heterocycles. The Kier molecular flexibility index (Phi) is 1.46. The highest BCUT2D eigenvalue weighted by Crippen LogP contribution is 2.52. The third-order valence-corrected chi connectivity index (χ3v) is 4.02. The molecule has 2 saturated carbocycles. The number of Topliss-reactive ketones (excluding diaryl/α,β-unsaturated/α-hetero) is 1. The van der Waals surface area contributed by atoms with Crippen LogP contribution in [-0.2, 0) is 4.79 Å². The zero-order valence-electron chi connectivity index (χ0n) is 7.52. The van der Waals surface area contributed by atoms with Crippen LogP contribution in [0.5, 0.6) is 0 Å². The molecule has 0 saturated heterocycles. The quantitative estimate of drug-likeness (QED) is 0.565. The number of aliphatic hydroxyl groups excluding tert-OH is 1. The Labute approximate surface area is 77.6 Å². The molecule has 0 aromatic heterocycles. The smallest absolute Gasteiger partial charge is 0.137 e. The molecule has 13 heavy (non-hydrogen) atoms. The normalized spacial score (nSPS) is 52.7. The Balaban J connectivity index is 1.98. The van der Waals surface area contributed by atoms with Gasteiger partial charge in [0.2, 0.25) is 0 Å². The van der Waals surface area contributed by atoms with Crippen LogP contribution in [0.2, 0.25) is 0 Å². The van der Waals surface area contributed by atoms with Gasteiger partial charge in [0.05, 0.1) is 6.10 Å². The number of hydrogen-bond acceptors (Lipinski definition) is 2. The SMILES string of the molecule is O=C1CC[C@H](O)C2C3C=CC(C3)C12. The molecule has 0 amide bonds. The molecule has 3 rings (SSSR count). The van der Waals surface area contributed by atoms with Crippen LogP contribution in [0.1, 0.15) is 19.3 Å². The number of carbonyl (C=O) groups excluding carboxylic acids is 1. The molecule has 4 unspecified atom stereocenters. The Morgan fingerprint density at radius 3 is 2.85 bits per heavy atom. The van der Waals surface area contributed by atoms with E-state index in [1.807, 2.05) is 0 Å². The van der Waals surface area contributed by atoms with Crippen LogP contribution in [0.25, 0.3) is 0 Å². The first-order valence-electron chi connectivity index (χ1n) is 5.16. The summed E-state index contributed by atoms with van der Waals surface area (Å²) >= 11 is 0. The summed E-state index contributed by atoms with van der Waals surface area (Å²) in [4.78, 5) is 11.7. The molecule has 5 atom stereocenters. The fraction of sp³-hybridized carbons (Fsp3) is 0.727. The van der Waals surface area contributed by atoms with Gasteiger partial charge in [-0.25, -0.2) is 0 Å². The molecule has 2 bridgehead atoms. The maximum atomic E-state index is 11.7. The van der Waals surface area contributed by atoms with Crippen molar-refractivity contribution in [1.82, 2.24) is 0 Å². The summed E-state index contributed by atoms with van der Waals surface area (Å²) in [6.07, 6.45) is 6.56. The standard InChI is InChI=1S/C11H14O2/c12-8-3-4-9(13)11-7-2-1-6(5-7)10(8)11/h1-2,6-8,10-12H,3-5H2/t6?,7?,8-,10?,11?/m0/s1. The van der Waals surface area contributed by atoms with Gasteiger partial charge in [0, 0.05) is 18.3 Å². The summed E-state index contributed by atoms with van der Waals surface area (Å²) in [5.74, 6) is 1.77. The predicted molar refractivity (Wildman–Crippen MR) is 48.0 cm³/mol. The van der Waals surface area contributed by atoms with Gasteiger partial charge in [-0.1, -0.05) is 12.2 Å². The fourth-order valence-electron chi connectivity index (χ4n) is 3.49. The summed E-state index contributed by atoms with van der Waals surface area (Å²) in [5.41, 5.74) is 0. The number of ketones is 1. The van der Waals surface area contributed by atoms with Gasteiger partial charge in [0.1, 0.15) is 5.78 Å². The molecule has 0 spiro atoms. The maximum Gasteiger partial charge on any atom is 0.137 e. The van der Waals surface area contributed by atoms with Crippen LogP contribution in [-0.4, -0.2) is 17.0 Å². The Morgan fingerprint density at radius 2 is 2.08 bits per heavy atom. The minimum absolute atomic E-state index is 0.166. The van der Waals surface area contributed by atoms with Crippen molar-refractivity contribution in [3.05, 3.63) is 12.2 Å². The van der Waals surface area contributed by atoms with Crippen molar-refractivity contribution < 1.29 is 9.90 Å². The first-order chi connectivity index (χ1) is 6.27. The van der Waals surface area contributed by atoms with Crippen LogP contribution in [0.15, 0.2) is 12.2 Å². The lowest BCUT2D eigenvalue weighted by molar-refractivity contribution is -0.131. The fourth-order valence-corrected chi connectivity index (χ4v) is 3.49. The highest BCUT2D eigenvalue weighted by Gasteiger charge is 2.52. The van der Waals surface area contributed by atoms with Gasteiger partial charge in [-0.05, 0) is 24.7 Å². The van der Waals surface area contributed by atoms with E-state index in [9.17, 15) is 9.90 Å². The van der Waals surface area contributed by atoms with E-state index in [1.54, 1.807) is 0 Å². The van der Waals surface area contributed by atoms with Gasteiger partial charge >= 0.3 is 0 Å². The second-order valence-corrected chi connectivity index (χ2v) is 4.62. The molecule has 1 N–H and O–H groups in total. The van der Waals surface area contributed by atoms with Crippen LogP contribution < -0.4 is 0 Å². The molecule has 0 aromatic carbocycles. The average molecular weight is 178 g/mol. The van der Waals surface area contributed by atoms with E-state index >= 15 is 0 Å². The van der Waals surface area contributed by atoms with Gasteiger partial charge in [0.25, 0.3) is 0 Å². The Morgan fingerprint density at radius 1 is 1.31 bits per heavy atom. The maximum absolute atomic E-state index is 11.7. The monoisotopic (exact) mass is 178 g/mol. The number of rotatable bonds is 0. The van der Waals surface area contributed by atoms with Gasteiger partial charge < -0.3 is 5.11 Å². The lowest BCUT2D eigenvalue weighted by Gasteiger charge is -2.35. The van der Waals surface area contributed by atoms with E-state index in [2.05, 4.69) is 12.2 Å². The second-order valence-electron chi connectivity index (χ2n) is 4.62. The van der Waals surface area contributed by atoms with Gasteiger partial charge in [-0.3, -0.25) is 4.79 Å². The van der Waals surface area contributed by atoms with Crippen LogP contribution in [0.3, 0.4) is 0 Å². The number of aliphatic hydroxyl groups is 1. The highest BCUT2D eigenvalue weighted by atomic mass is 16.3. The lowest BCUT2D eigenvalue weighted by atomic mass is 9.71. The molecule has 2 nitrogen and oxygen atoms in total. The molecule has 3 aliphatic rings. The zero-order valence-corrected chi connectivity index (χ0v) is 7.52. The number of fused-ring (bicyclic) bond motifs is 5. The topological polar surface area (TPSA) is 37.3 Å². The van der Waals surface area contributed by atoms with Crippen LogP contribution >= 0.6 is 0 Å². The van der Waals surface area contributed by atoms with Crippen molar-refractivity contribution in [3.63, 3.8) is 0 Å². The average Bonchev–Trinajstić information content (AvgIpc) is 2.70. The van der Waals surface area contributed by atoms with E-state index in [0.29, 0.717) is 30.5 Å². The van der Waals surface area contributed by atoms with E-state index in [4.69, 9.17) is 0 Å². The van der Waals surface area contributed by atoms with Crippen molar-refractivity contribution in [2.45, 2.75) is 25.4 Å². The molecule has 0 aliphatic heterocycles. The predicted octanol–water partition coefficient (Wildman–Crippen LogP) is 1.15. The minimum Gasteiger partial charge on any atom is -0.393 e. The van der Waals surface area contributed by atoms with Crippen molar-refractivity contribution in [2.24, 2.45) is 23.7 Å². The highest BCUT2D eigenvalue weighted by molar-refractivity contribution is 5.83. The lowest BCUT2D eigenvalue weighted by Crippen LogP contribution is -2.40. The van der Waals surface area contributed by atoms with Gasteiger partial charge in [-0.15, -0.1) is 0 Å². The summed E-state index contributed by atoms with van der Waals surface area (Å²) in [5, 5.41) is 9.83. The van der Waals surface area contributed by atoms with Crippen molar-refractivity contribution >= 4 is 5.78 Å². The van der Waals surface area contributed by atoms with Crippen molar-refractivity contribution in [3.8, 4) is 0 Å². The van der Waals surface area contributed by atoms with Crippen molar-refractivity contribution in [2.75, 3.05) is 0 Å². The molecular formula is C11H14O2. The van der Waals surface area contributed by atoms with Gasteiger partial charge in [0.15, 0.2) is 0 Å². The van der Waals surface area contributed by atoms with Crippen LogP contribution in [0.4, 0.5) is 0 Å². The van der Waals surface area contributed by atoms with Crippen LogP contribution in [0, 0.1) is 23.7 Å². The third kappa shape index (κ3) is 0.896. The molecule has 70 valence electrons. The largest absolute Gasteiger partial charge is 0.393 e. The van der Waals surface area contributed by atoms with Gasteiger partial charge in [-0.2, -0.15) is 0 Å². The Bertz CT molecular complexity index is 282. The van der Waals surface area contributed by atoms with E-state index in [1.165, 1.54) is 0 Å². The number of allylic oxidation sites excluding steroid dienone is 2. The first-order valence-corrected chi connectivity index (χ1v) is 5.16. The zero-order chi connectivity index (χ0) is 9.00. The summed E-state index contributed by atoms with van der Waals surface area (Å²) in [6.45, 7) is 0. The third-order valence-electron chi connectivity index (χ3n) is 4.02. The van der Waals surface area contributed by atoms with Crippen molar-refractivity contribution in [1.29, 1.82) is 0 Å². The van der Waals surface area contributed by atoms with E-state index < -0.39 is 0 Å². The second kappa shape index (κ2) is 2.44. The van der Waals surface area contributed by atoms with E-state index in [0.717, 1.165) is 6.42 Å². The molecule has 2 fully saturated rings. The van der Waals surface area contributed by atoms with E-state index in [-0.39, 0.29) is 17.9 Å². The summed E-state index contributed by atoms with van der Waals surface area (Å²) in [7, 11) is 0. The number of hydrogen-bond donors (Lipinski definition) is 1. The molecule has 0 radical (unpaired) electrons. The summed E-state index contributed by atoms with van der Waals surface area (Å²) in [6, 6.07) is 0. The molecular weight excluding hydrogens is 164 g/mol. The molecule has 2 heteroatoms. The molecule has 3 aliphatic carbocycles.